The van der Waals surface area contributed by atoms with Crippen molar-refractivity contribution in [3.8, 4) is 0 Å². The maximum Gasteiger partial charge on any atom is 0.472 e. The van der Waals surface area contributed by atoms with Gasteiger partial charge in [0, 0.05) is 6.42 Å². The molecule has 4 N–H and O–H groups in total. The van der Waals surface area contributed by atoms with E-state index in [1.165, 1.54) is 57.8 Å². The van der Waals surface area contributed by atoms with Crippen LogP contribution in [0.25, 0.3) is 0 Å². The standard InChI is InChI=1S/C40H77N2O7P/c1-6-8-10-12-14-16-18-20-21-23-25-27-29-31-33-39(44)41-37(36-49-50(46,47)48-35-34-42(3,4)5)40(45)38(43)32-30-28-26-24-22-19-17-15-13-11-9-7-2/h12,14,18,20,24,26,37-38,40,43,45H,6-11,13,15-17,19,21-23,25,27-36H2,1-5H3,(H-,41,44,46,47)/p+1/b14-12-,20-18-,26-24+. The van der Waals surface area contributed by atoms with Gasteiger partial charge < -0.3 is 24.9 Å². The maximum absolute atomic E-state index is 12.8. The molecule has 4 atom stereocenters. The van der Waals surface area contributed by atoms with Gasteiger partial charge in [-0.2, -0.15) is 0 Å². The largest absolute Gasteiger partial charge is 0.472 e. The Morgan fingerprint density at radius 2 is 1.20 bits per heavy atom. The number of aliphatic hydroxyl groups is 2. The van der Waals surface area contributed by atoms with Crippen LogP contribution in [0.15, 0.2) is 36.5 Å². The zero-order chi connectivity index (χ0) is 37.4. The fraction of sp³-hybridized carbons (Fsp3) is 0.825. The highest BCUT2D eigenvalue weighted by Gasteiger charge is 2.31. The number of phosphoric ester groups is 1. The van der Waals surface area contributed by atoms with Gasteiger partial charge in [-0.3, -0.25) is 13.8 Å². The van der Waals surface area contributed by atoms with E-state index in [9.17, 15) is 24.5 Å². The molecule has 0 aliphatic heterocycles. The summed E-state index contributed by atoms with van der Waals surface area (Å²) >= 11 is 0. The molecule has 10 heteroatoms. The highest BCUT2D eigenvalue weighted by Crippen LogP contribution is 2.43. The number of hydrogen-bond acceptors (Lipinski definition) is 6. The molecule has 0 fully saturated rings. The van der Waals surface area contributed by atoms with Crippen molar-refractivity contribution in [3.05, 3.63) is 36.5 Å². The minimum Gasteiger partial charge on any atom is -0.390 e. The van der Waals surface area contributed by atoms with Crippen LogP contribution < -0.4 is 5.32 Å². The van der Waals surface area contributed by atoms with Gasteiger partial charge in [-0.15, -0.1) is 0 Å². The average molecular weight is 730 g/mol. The summed E-state index contributed by atoms with van der Waals surface area (Å²) in [5.74, 6) is -0.285. The van der Waals surface area contributed by atoms with Crippen LogP contribution in [0.1, 0.15) is 155 Å². The molecule has 0 radical (unpaired) electrons. The van der Waals surface area contributed by atoms with Crippen LogP contribution in [0.5, 0.6) is 0 Å². The molecule has 1 amide bonds. The number of carbonyl (C=O) groups excluding carboxylic acids is 1. The van der Waals surface area contributed by atoms with E-state index >= 15 is 0 Å². The van der Waals surface area contributed by atoms with Crippen molar-refractivity contribution < 1.29 is 38.0 Å². The third kappa shape index (κ3) is 32.6. The van der Waals surface area contributed by atoms with E-state index in [1.54, 1.807) is 0 Å². The number of aliphatic hydroxyl groups excluding tert-OH is 2. The van der Waals surface area contributed by atoms with Crippen LogP contribution in [0.4, 0.5) is 0 Å². The number of amides is 1. The molecule has 0 aliphatic rings. The van der Waals surface area contributed by atoms with Crippen LogP contribution in [0.3, 0.4) is 0 Å². The van der Waals surface area contributed by atoms with E-state index < -0.39 is 32.7 Å². The van der Waals surface area contributed by atoms with Crippen molar-refractivity contribution in [2.24, 2.45) is 0 Å². The first-order valence-electron chi connectivity index (χ1n) is 19.9. The molecule has 0 saturated carbocycles. The lowest BCUT2D eigenvalue weighted by Gasteiger charge is -2.28. The Bertz CT molecular complexity index is 935. The third-order valence-corrected chi connectivity index (χ3v) is 9.69. The summed E-state index contributed by atoms with van der Waals surface area (Å²) in [6.45, 7) is 4.49. The zero-order valence-electron chi connectivity index (χ0n) is 32.7. The van der Waals surface area contributed by atoms with Gasteiger partial charge in [-0.1, -0.05) is 121 Å². The fourth-order valence-corrected chi connectivity index (χ4v) is 6.13. The molecule has 9 nitrogen and oxygen atoms in total. The first kappa shape index (κ1) is 48.7. The topological polar surface area (TPSA) is 125 Å². The molecular formula is C40H78N2O7P+. The summed E-state index contributed by atoms with van der Waals surface area (Å²) < 4.78 is 23.4. The van der Waals surface area contributed by atoms with E-state index in [4.69, 9.17) is 9.05 Å². The van der Waals surface area contributed by atoms with E-state index in [0.29, 0.717) is 30.3 Å². The summed E-state index contributed by atoms with van der Waals surface area (Å²) in [4.78, 5) is 23.0. The fourth-order valence-electron chi connectivity index (χ4n) is 5.39. The number of nitrogens with zero attached hydrogens (tertiary/aromatic N) is 1. The van der Waals surface area contributed by atoms with Gasteiger partial charge >= 0.3 is 7.82 Å². The van der Waals surface area contributed by atoms with Crippen molar-refractivity contribution in [2.75, 3.05) is 40.9 Å². The van der Waals surface area contributed by atoms with Gasteiger partial charge in [-0.05, 0) is 64.2 Å². The molecule has 0 aromatic heterocycles. The molecule has 0 aromatic rings. The highest BCUT2D eigenvalue weighted by atomic mass is 31.2. The number of phosphoric acid groups is 1. The molecule has 4 unspecified atom stereocenters. The van der Waals surface area contributed by atoms with Crippen LogP contribution in [0.2, 0.25) is 0 Å². The van der Waals surface area contributed by atoms with E-state index in [-0.39, 0.29) is 18.9 Å². The molecule has 0 rings (SSSR count). The summed E-state index contributed by atoms with van der Waals surface area (Å²) in [5, 5.41) is 24.5. The number of quaternary nitrogens is 1. The number of likely N-dealkylation sites (N-methyl/N-ethyl adjacent to an activating group) is 1. The lowest BCUT2D eigenvalue weighted by molar-refractivity contribution is -0.870. The molecule has 0 bridgehead atoms. The van der Waals surface area contributed by atoms with Gasteiger partial charge in [0.1, 0.15) is 19.3 Å². The maximum atomic E-state index is 12.8. The summed E-state index contributed by atoms with van der Waals surface area (Å²) in [6, 6.07) is -1.05. The predicted octanol–water partition coefficient (Wildman–Crippen LogP) is 9.32. The smallest absolute Gasteiger partial charge is 0.390 e. The Morgan fingerprint density at radius 1 is 0.700 bits per heavy atom. The van der Waals surface area contributed by atoms with E-state index in [0.717, 1.165) is 57.8 Å². The Balaban J connectivity index is 4.67. The van der Waals surface area contributed by atoms with Gasteiger partial charge in [0.2, 0.25) is 5.91 Å². The van der Waals surface area contributed by atoms with Crippen molar-refractivity contribution in [2.45, 2.75) is 173 Å². The first-order chi connectivity index (χ1) is 23.9. The highest BCUT2D eigenvalue weighted by molar-refractivity contribution is 7.47. The van der Waals surface area contributed by atoms with Gasteiger partial charge in [-0.25, -0.2) is 4.57 Å². The predicted molar refractivity (Wildman–Crippen MR) is 209 cm³/mol. The number of carbonyl (C=O) groups is 1. The molecule has 50 heavy (non-hydrogen) atoms. The van der Waals surface area contributed by atoms with Gasteiger partial charge in [0.25, 0.3) is 0 Å². The van der Waals surface area contributed by atoms with Crippen molar-refractivity contribution in [1.29, 1.82) is 0 Å². The summed E-state index contributed by atoms with van der Waals surface area (Å²) in [6.07, 6.45) is 33.5. The lowest BCUT2D eigenvalue weighted by atomic mass is 10.0. The Kier molecular flexibility index (Phi) is 31.5. The molecule has 0 aliphatic carbocycles. The minimum atomic E-state index is -4.42. The summed E-state index contributed by atoms with van der Waals surface area (Å²) in [5.41, 5.74) is 0. The second kappa shape index (κ2) is 32.3. The molecule has 0 heterocycles. The summed E-state index contributed by atoms with van der Waals surface area (Å²) in [7, 11) is 1.40. The molecule has 0 saturated heterocycles. The number of hydrogen-bond donors (Lipinski definition) is 4. The Hall–Kier alpha value is -1.32. The molecule has 294 valence electrons. The lowest BCUT2D eigenvalue weighted by Crippen LogP contribution is -2.51. The monoisotopic (exact) mass is 730 g/mol. The molecule has 0 spiro atoms. The van der Waals surface area contributed by atoms with Crippen LogP contribution in [0, 0.1) is 0 Å². The first-order valence-corrected chi connectivity index (χ1v) is 21.4. The molecular weight excluding hydrogens is 651 g/mol. The normalized spacial score (nSPS) is 15.6. The van der Waals surface area contributed by atoms with Crippen molar-refractivity contribution in [3.63, 3.8) is 0 Å². The SMILES string of the molecule is CCCC/C=C\C/C=C\CCCCCCCC(=O)NC(COP(=O)(O)OCC[N+](C)(C)C)C(O)C(O)CCC/C=C/CCCCCCCCC. The second-order valence-electron chi connectivity index (χ2n) is 14.8. The van der Waals surface area contributed by atoms with Crippen LogP contribution in [-0.2, 0) is 18.4 Å². The van der Waals surface area contributed by atoms with Crippen molar-refractivity contribution in [1.82, 2.24) is 5.32 Å². The Morgan fingerprint density at radius 3 is 1.78 bits per heavy atom. The minimum absolute atomic E-state index is 0.0126. The number of allylic oxidation sites excluding steroid dienone is 6. The average Bonchev–Trinajstić information content (AvgIpc) is 3.06. The number of nitrogens with one attached hydrogen (secondary N) is 1. The van der Waals surface area contributed by atoms with Crippen molar-refractivity contribution >= 4 is 13.7 Å². The zero-order valence-corrected chi connectivity index (χ0v) is 33.6. The third-order valence-electron chi connectivity index (χ3n) is 8.70. The second-order valence-corrected chi connectivity index (χ2v) is 16.2. The van der Waals surface area contributed by atoms with Gasteiger partial charge in [0.05, 0.1) is 39.9 Å². The van der Waals surface area contributed by atoms with E-state index in [2.05, 4.69) is 55.6 Å². The van der Waals surface area contributed by atoms with Crippen LogP contribution in [-0.4, -0.2) is 84.6 Å². The van der Waals surface area contributed by atoms with E-state index in [1.807, 2.05) is 21.1 Å². The van der Waals surface area contributed by atoms with Gasteiger partial charge in [0.15, 0.2) is 0 Å². The molecule has 0 aromatic carbocycles. The number of rotatable bonds is 35. The Labute approximate surface area is 307 Å². The number of unbranched alkanes of at least 4 members (excludes halogenated alkanes) is 15. The quantitative estimate of drug-likeness (QED) is 0.0222. The van der Waals surface area contributed by atoms with Crippen LogP contribution >= 0.6 is 7.82 Å².